The van der Waals surface area contributed by atoms with Crippen LogP contribution in [0.2, 0.25) is 0 Å². The Morgan fingerprint density at radius 3 is 2.91 bits per heavy atom. The second kappa shape index (κ2) is 8.34. The van der Waals surface area contributed by atoms with Gasteiger partial charge in [0.25, 0.3) is 0 Å². The van der Waals surface area contributed by atoms with Crippen molar-refractivity contribution in [3.63, 3.8) is 0 Å². The third kappa shape index (κ3) is 4.58. The molecule has 0 aliphatic carbocycles. The molecular weight excluding hydrogens is 280 g/mol. The lowest BCUT2D eigenvalue weighted by atomic mass is 10.2. The largest absolute Gasteiger partial charge is 0.503 e. The molecule has 1 aromatic heterocycles. The molecule has 22 heavy (non-hydrogen) atoms. The Bertz CT molecular complexity index is 521. The van der Waals surface area contributed by atoms with Gasteiger partial charge in [-0.05, 0) is 32.4 Å². The molecule has 1 N–H and O–H groups in total. The molecule has 5 nitrogen and oxygen atoms in total. The van der Waals surface area contributed by atoms with Crippen molar-refractivity contribution in [1.29, 1.82) is 0 Å². The maximum absolute atomic E-state index is 11.8. The molecule has 1 fully saturated rings. The van der Waals surface area contributed by atoms with Gasteiger partial charge in [0.05, 0.1) is 12.3 Å². The highest BCUT2D eigenvalue weighted by atomic mass is 16.5. The minimum absolute atomic E-state index is 0.182. The molecule has 1 atom stereocenters. The highest BCUT2D eigenvalue weighted by Crippen LogP contribution is 2.17. The number of rotatable bonds is 8. The van der Waals surface area contributed by atoms with Gasteiger partial charge in [-0.15, -0.1) is 0 Å². The van der Waals surface area contributed by atoms with Crippen molar-refractivity contribution in [2.45, 2.75) is 58.7 Å². The average Bonchev–Trinajstić information content (AvgIpc) is 3.01. The smallest absolute Gasteiger partial charge is 0.223 e. The fourth-order valence-electron chi connectivity index (χ4n) is 2.88. The lowest BCUT2D eigenvalue weighted by Gasteiger charge is -2.24. The first kappa shape index (κ1) is 17.0. The molecular formula is C17H28N2O3. The van der Waals surface area contributed by atoms with Gasteiger partial charge in [-0.2, -0.15) is 0 Å². The first-order chi connectivity index (χ1) is 10.6. The van der Waals surface area contributed by atoms with Crippen LogP contribution in [0.4, 0.5) is 0 Å². The van der Waals surface area contributed by atoms with Gasteiger partial charge in [-0.25, -0.2) is 0 Å². The summed E-state index contributed by atoms with van der Waals surface area (Å²) in [5, 5.41) is 9.74. The first-order valence-electron chi connectivity index (χ1n) is 8.40. The number of unbranched alkanes of at least 4 members (excludes halogenated alkanes) is 1. The third-order valence-electron chi connectivity index (χ3n) is 4.28. The van der Waals surface area contributed by atoms with Crippen LogP contribution < -0.4 is 5.43 Å². The van der Waals surface area contributed by atoms with Crippen LogP contribution in [0.5, 0.6) is 5.75 Å². The minimum atomic E-state index is -0.301. The molecule has 1 unspecified atom stereocenters. The first-order valence-corrected chi connectivity index (χ1v) is 8.40. The van der Waals surface area contributed by atoms with Gasteiger partial charge >= 0.3 is 0 Å². The Hall–Kier alpha value is -1.33. The summed E-state index contributed by atoms with van der Waals surface area (Å²) in [4.78, 5) is 14.1. The van der Waals surface area contributed by atoms with Gasteiger partial charge in [0.1, 0.15) is 0 Å². The van der Waals surface area contributed by atoms with Crippen LogP contribution in [0.15, 0.2) is 17.1 Å². The van der Waals surface area contributed by atoms with Crippen LogP contribution in [-0.4, -0.2) is 40.4 Å². The van der Waals surface area contributed by atoms with Gasteiger partial charge < -0.3 is 14.4 Å². The number of nitrogens with zero attached hydrogens (tertiary/aromatic N) is 2. The number of ether oxygens (including phenoxy) is 1. The summed E-state index contributed by atoms with van der Waals surface area (Å²) in [6.07, 6.45) is 6.19. The van der Waals surface area contributed by atoms with Crippen molar-refractivity contribution in [2.75, 3.05) is 19.7 Å². The Morgan fingerprint density at radius 2 is 2.27 bits per heavy atom. The number of aromatic hydroxyl groups is 1. The molecule has 0 radical (unpaired) electrons. The summed E-state index contributed by atoms with van der Waals surface area (Å²) in [6.45, 7) is 8.55. The fourth-order valence-corrected chi connectivity index (χ4v) is 2.88. The Morgan fingerprint density at radius 1 is 1.45 bits per heavy atom. The van der Waals surface area contributed by atoms with E-state index < -0.39 is 0 Å². The predicted octanol–water partition coefficient (Wildman–Crippen LogP) is 2.35. The highest BCUT2D eigenvalue weighted by Gasteiger charge is 2.18. The molecule has 1 aliphatic heterocycles. The van der Waals surface area contributed by atoms with Crippen LogP contribution in [0.3, 0.4) is 0 Å². The van der Waals surface area contributed by atoms with Crippen molar-refractivity contribution in [3.05, 3.63) is 28.2 Å². The van der Waals surface area contributed by atoms with Crippen molar-refractivity contribution >= 4 is 0 Å². The van der Waals surface area contributed by atoms with Crippen molar-refractivity contribution < 1.29 is 9.84 Å². The summed E-state index contributed by atoms with van der Waals surface area (Å²) in [5.74, 6) is -0.182. The van der Waals surface area contributed by atoms with Crippen LogP contribution in [0, 0.1) is 0 Å². The van der Waals surface area contributed by atoms with Gasteiger partial charge in [0, 0.05) is 31.5 Å². The van der Waals surface area contributed by atoms with Crippen molar-refractivity contribution in [2.24, 2.45) is 0 Å². The maximum atomic E-state index is 11.8. The molecule has 2 heterocycles. The normalized spacial score (nSPS) is 18.2. The van der Waals surface area contributed by atoms with E-state index in [1.54, 1.807) is 12.3 Å². The minimum Gasteiger partial charge on any atom is -0.503 e. The molecule has 0 bridgehead atoms. The van der Waals surface area contributed by atoms with Gasteiger partial charge in [0.2, 0.25) is 5.43 Å². The summed E-state index contributed by atoms with van der Waals surface area (Å²) in [5.41, 5.74) is 0.654. The van der Waals surface area contributed by atoms with E-state index in [1.165, 1.54) is 0 Å². The Labute approximate surface area is 132 Å². The monoisotopic (exact) mass is 308 g/mol. The van der Waals surface area contributed by atoms with E-state index in [2.05, 4.69) is 18.7 Å². The number of hydrogen-bond donors (Lipinski definition) is 1. The van der Waals surface area contributed by atoms with E-state index in [1.807, 2.05) is 4.57 Å². The van der Waals surface area contributed by atoms with Crippen LogP contribution in [0.1, 0.15) is 45.2 Å². The van der Waals surface area contributed by atoms with Gasteiger partial charge in [-0.1, -0.05) is 20.3 Å². The number of pyridine rings is 1. The molecule has 2 rings (SSSR count). The number of aromatic nitrogens is 1. The Kier molecular flexibility index (Phi) is 6.46. The lowest BCUT2D eigenvalue weighted by molar-refractivity contribution is 0.0952. The van der Waals surface area contributed by atoms with Crippen LogP contribution >= 0.6 is 0 Å². The molecule has 0 aromatic carbocycles. The molecule has 1 aromatic rings. The van der Waals surface area contributed by atoms with E-state index in [0.717, 1.165) is 57.6 Å². The van der Waals surface area contributed by atoms with E-state index in [9.17, 15) is 9.90 Å². The fraction of sp³-hybridized carbons (Fsp3) is 0.706. The van der Waals surface area contributed by atoms with E-state index in [0.29, 0.717) is 6.54 Å². The van der Waals surface area contributed by atoms with E-state index >= 15 is 0 Å². The quantitative estimate of drug-likeness (QED) is 0.801. The standard InChI is InChI=1S/C17H28N2O3/c1-3-5-8-18(4-2)11-14-10-16(20)17(21)13-19(14)12-15-7-6-9-22-15/h10,13,15,21H,3-9,11-12H2,1-2H3. The summed E-state index contributed by atoms with van der Waals surface area (Å²) >= 11 is 0. The summed E-state index contributed by atoms with van der Waals surface area (Å²) in [7, 11) is 0. The zero-order valence-electron chi connectivity index (χ0n) is 13.8. The highest BCUT2D eigenvalue weighted by molar-refractivity contribution is 5.20. The Balaban J connectivity index is 2.15. The van der Waals surface area contributed by atoms with Crippen LogP contribution in [-0.2, 0) is 17.8 Å². The van der Waals surface area contributed by atoms with E-state index in [-0.39, 0.29) is 17.3 Å². The number of hydrogen-bond acceptors (Lipinski definition) is 4. The maximum Gasteiger partial charge on any atom is 0.223 e. The topological polar surface area (TPSA) is 54.7 Å². The molecule has 5 heteroatoms. The second-order valence-electron chi connectivity index (χ2n) is 6.02. The summed E-state index contributed by atoms with van der Waals surface area (Å²) < 4.78 is 7.67. The van der Waals surface area contributed by atoms with Crippen LogP contribution in [0.25, 0.3) is 0 Å². The zero-order valence-corrected chi connectivity index (χ0v) is 13.8. The van der Waals surface area contributed by atoms with E-state index in [4.69, 9.17) is 4.74 Å². The molecule has 124 valence electrons. The lowest BCUT2D eigenvalue weighted by Crippen LogP contribution is -2.28. The molecule has 0 amide bonds. The second-order valence-corrected chi connectivity index (χ2v) is 6.02. The van der Waals surface area contributed by atoms with Crippen molar-refractivity contribution in [3.8, 4) is 5.75 Å². The molecule has 1 saturated heterocycles. The SMILES string of the molecule is CCCCN(CC)Cc1cc(=O)c(O)cn1CC1CCCO1. The van der Waals surface area contributed by atoms with Gasteiger partial charge in [0.15, 0.2) is 5.75 Å². The molecule has 1 aliphatic rings. The zero-order chi connectivity index (χ0) is 15.9. The third-order valence-corrected chi connectivity index (χ3v) is 4.28. The molecule has 0 saturated carbocycles. The van der Waals surface area contributed by atoms with Crippen molar-refractivity contribution in [1.82, 2.24) is 9.47 Å². The molecule has 0 spiro atoms. The van der Waals surface area contributed by atoms with Gasteiger partial charge in [-0.3, -0.25) is 9.69 Å². The predicted molar refractivity (Wildman–Crippen MR) is 87.2 cm³/mol. The average molecular weight is 308 g/mol. The summed E-state index contributed by atoms with van der Waals surface area (Å²) in [6, 6.07) is 1.57.